The fraction of sp³-hybridized carbons (Fsp3) is 0.238. The van der Waals surface area contributed by atoms with Gasteiger partial charge in [-0.15, -0.1) is 0 Å². The fourth-order valence-corrected chi connectivity index (χ4v) is 2.79. The summed E-state index contributed by atoms with van der Waals surface area (Å²) in [6.45, 7) is 6.10. The molecule has 5 nitrogen and oxygen atoms in total. The molecule has 1 aromatic heterocycles. The van der Waals surface area contributed by atoms with E-state index in [2.05, 4.69) is 10.3 Å². The lowest BCUT2D eigenvalue weighted by Crippen LogP contribution is -2.36. The van der Waals surface area contributed by atoms with Crippen LogP contribution in [0.2, 0.25) is 0 Å². The predicted molar refractivity (Wildman–Crippen MR) is 101 cm³/mol. The molecule has 134 valence electrons. The van der Waals surface area contributed by atoms with E-state index >= 15 is 0 Å². The number of imidazole rings is 1. The highest BCUT2D eigenvalue weighted by molar-refractivity contribution is 5.80. The van der Waals surface area contributed by atoms with Crippen LogP contribution in [0.5, 0.6) is 5.75 Å². The number of rotatable bonds is 6. The second kappa shape index (κ2) is 7.87. The predicted octanol–water partition coefficient (Wildman–Crippen LogP) is 3.57. The van der Waals surface area contributed by atoms with E-state index in [9.17, 15) is 4.79 Å². The molecule has 0 aliphatic rings. The van der Waals surface area contributed by atoms with Gasteiger partial charge in [-0.2, -0.15) is 0 Å². The number of aromatic nitrogens is 2. The van der Waals surface area contributed by atoms with Gasteiger partial charge >= 0.3 is 0 Å². The molecular formula is C21H23N3O2. The Kier molecular flexibility index (Phi) is 5.37. The van der Waals surface area contributed by atoms with Crippen molar-refractivity contribution >= 4 is 5.91 Å². The van der Waals surface area contributed by atoms with Crippen molar-refractivity contribution < 1.29 is 9.53 Å². The van der Waals surface area contributed by atoms with Crippen molar-refractivity contribution in [1.29, 1.82) is 0 Å². The molecule has 1 amide bonds. The van der Waals surface area contributed by atoms with Crippen LogP contribution < -0.4 is 10.1 Å². The largest absolute Gasteiger partial charge is 0.481 e. The van der Waals surface area contributed by atoms with Crippen LogP contribution in [0.3, 0.4) is 0 Å². The number of hydrogen-bond acceptors (Lipinski definition) is 3. The first kappa shape index (κ1) is 17.7. The fourth-order valence-electron chi connectivity index (χ4n) is 2.79. The number of nitrogens with one attached hydrogen (secondary N) is 1. The summed E-state index contributed by atoms with van der Waals surface area (Å²) >= 11 is 0. The quantitative estimate of drug-likeness (QED) is 0.740. The first-order valence-electron chi connectivity index (χ1n) is 8.64. The highest BCUT2D eigenvalue weighted by atomic mass is 16.5. The van der Waals surface area contributed by atoms with Crippen LogP contribution in [0, 0.1) is 13.8 Å². The molecule has 0 bridgehead atoms. The maximum Gasteiger partial charge on any atom is 0.261 e. The van der Waals surface area contributed by atoms with Gasteiger partial charge in [0.05, 0.1) is 5.69 Å². The van der Waals surface area contributed by atoms with Crippen molar-refractivity contribution in [2.45, 2.75) is 33.4 Å². The highest BCUT2D eigenvalue weighted by Crippen LogP contribution is 2.18. The Morgan fingerprint density at radius 2 is 1.88 bits per heavy atom. The van der Waals surface area contributed by atoms with E-state index in [0.717, 1.165) is 28.4 Å². The van der Waals surface area contributed by atoms with Gasteiger partial charge in [0.1, 0.15) is 11.6 Å². The van der Waals surface area contributed by atoms with Crippen LogP contribution in [0.15, 0.2) is 60.9 Å². The second-order valence-corrected chi connectivity index (χ2v) is 6.22. The number of carbonyl (C=O) groups is 1. The molecular weight excluding hydrogens is 326 g/mol. The molecule has 0 radical (unpaired) electrons. The lowest BCUT2D eigenvalue weighted by atomic mass is 10.1. The molecule has 0 saturated heterocycles. The van der Waals surface area contributed by atoms with Crippen LogP contribution in [-0.4, -0.2) is 21.6 Å². The van der Waals surface area contributed by atoms with Gasteiger partial charge < -0.3 is 14.6 Å². The summed E-state index contributed by atoms with van der Waals surface area (Å²) < 4.78 is 7.80. The average Bonchev–Trinajstić information content (AvgIpc) is 3.07. The third-order valence-electron chi connectivity index (χ3n) is 4.30. The van der Waals surface area contributed by atoms with Crippen molar-refractivity contribution in [1.82, 2.24) is 14.9 Å². The van der Waals surface area contributed by atoms with Gasteiger partial charge in [-0.25, -0.2) is 4.98 Å². The Morgan fingerprint density at radius 3 is 2.62 bits per heavy atom. The molecule has 2 aromatic carbocycles. The Bertz CT molecular complexity index is 902. The van der Waals surface area contributed by atoms with Crippen molar-refractivity contribution in [3.05, 3.63) is 77.9 Å². The van der Waals surface area contributed by atoms with Gasteiger partial charge in [0.15, 0.2) is 6.10 Å². The van der Waals surface area contributed by atoms with E-state index < -0.39 is 6.10 Å². The number of nitrogens with zero attached hydrogens (tertiary/aromatic N) is 2. The Hall–Kier alpha value is -3.08. The van der Waals surface area contributed by atoms with Gasteiger partial charge in [-0.3, -0.25) is 4.79 Å². The summed E-state index contributed by atoms with van der Waals surface area (Å²) in [6, 6.07) is 15.6. The van der Waals surface area contributed by atoms with E-state index in [1.807, 2.05) is 73.1 Å². The van der Waals surface area contributed by atoms with Crippen molar-refractivity contribution in [2.24, 2.45) is 0 Å². The highest BCUT2D eigenvalue weighted by Gasteiger charge is 2.16. The van der Waals surface area contributed by atoms with Crippen LogP contribution in [0.25, 0.3) is 5.69 Å². The van der Waals surface area contributed by atoms with Gasteiger partial charge in [0.2, 0.25) is 0 Å². The molecule has 3 aromatic rings. The maximum atomic E-state index is 12.4. The van der Waals surface area contributed by atoms with Crippen molar-refractivity contribution in [3.8, 4) is 11.4 Å². The zero-order chi connectivity index (χ0) is 18.5. The summed E-state index contributed by atoms with van der Waals surface area (Å²) in [4.78, 5) is 16.7. The van der Waals surface area contributed by atoms with E-state index in [0.29, 0.717) is 6.54 Å². The van der Waals surface area contributed by atoms with Gasteiger partial charge in [-0.1, -0.05) is 36.4 Å². The van der Waals surface area contributed by atoms with E-state index in [1.54, 1.807) is 13.1 Å². The molecule has 3 rings (SSSR count). The van der Waals surface area contributed by atoms with Gasteiger partial charge in [0.25, 0.3) is 5.91 Å². The minimum Gasteiger partial charge on any atom is -0.481 e. The number of ether oxygens (including phenoxy) is 1. The first-order chi connectivity index (χ1) is 12.6. The molecule has 1 atom stereocenters. The average molecular weight is 349 g/mol. The van der Waals surface area contributed by atoms with Crippen LogP contribution in [0.1, 0.15) is 23.9 Å². The Morgan fingerprint density at radius 1 is 1.15 bits per heavy atom. The molecule has 0 aliphatic heterocycles. The molecule has 1 unspecified atom stereocenters. The standard InChI is InChI=1S/C21H23N3O2/c1-15-8-4-7-11-20(15)26-16(2)21(25)23-14-18-9-5-6-10-19(18)24-13-12-22-17(24)3/h4-13,16H,14H2,1-3H3,(H,23,25). The normalized spacial score (nSPS) is 11.8. The summed E-state index contributed by atoms with van der Waals surface area (Å²) in [7, 11) is 0. The van der Waals surface area contributed by atoms with E-state index in [-0.39, 0.29) is 5.91 Å². The van der Waals surface area contributed by atoms with E-state index in [4.69, 9.17) is 4.74 Å². The minimum absolute atomic E-state index is 0.148. The number of benzene rings is 2. The number of para-hydroxylation sites is 2. The molecule has 26 heavy (non-hydrogen) atoms. The third-order valence-corrected chi connectivity index (χ3v) is 4.30. The molecule has 0 saturated carbocycles. The van der Waals surface area contributed by atoms with Crippen LogP contribution in [-0.2, 0) is 11.3 Å². The SMILES string of the molecule is Cc1ccccc1OC(C)C(=O)NCc1ccccc1-n1ccnc1C. The van der Waals surface area contributed by atoms with Crippen molar-refractivity contribution in [2.75, 3.05) is 0 Å². The molecule has 5 heteroatoms. The summed E-state index contributed by atoms with van der Waals surface area (Å²) in [5, 5.41) is 2.96. The zero-order valence-corrected chi connectivity index (χ0v) is 15.3. The molecule has 0 spiro atoms. The summed E-state index contributed by atoms with van der Waals surface area (Å²) in [5.41, 5.74) is 3.04. The van der Waals surface area contributed by atoms with Gasteiger partial charge in [0, 0.05) is 18.9 Å². The Labute approximate surface area is 153 Å². The lowest BCUT2D eigenvalue weighted by Gasteiger charge is -2.17. The third kappa shape index (κ3) is 3.94. The second-order valence-electron chi connectivity index (χ2n) is 6.22. The van der Waals surface area contributed by atoms with E-state index in [1.165, 1.54) is 0 Å². The summed E-state index contributed by atoms with van der Waals surface area (Å²) in [6.07, 6.45) is 3.11. The molecule has 1 N–H and O–H groups in total. The van der Waals surface area contributed by atoms with Crippen molar-refractivity contribution in [3.63, 3.8) is 0 Å². The monoisotopic (exact) mass is 349 g/mol. The smallest absolute Gasteiger partial charge is 0.261 e. The van der Waals surface area contributed by atoms with Crippen LogP contribution >= 0.6 is 0 Å². The maximum absolute atomic E-state index is 12.4. The number of aryl methyl sites for hydroxylation is 2. The topological polar surface area (TPSA) is 56.1 Å². The Balaban J connectivity index is 1.67. The minimum atomic E-state index is -0.571. The first-order valence-corrected chi connectivity index (χ1v) is 8.64. The number of carbonyl (C=O) groups excluding carboxylic acids is 1. The lowest BCUT2D eigenvalue weighted by molar-refractivity contribution is -0.127. The zero-order valence-electron chi connectivity index (χ0n) is 15.3. The molecule has 0 aliphatic carbocycles. The van der Waals surface area contributed by atoms with Gasteiger partial charge in [-0.05, 0) is 44.0 Å². The molecule has 0 fully saturated rings. The number of hydrogen-bond donors (Lipinski definition) is 1. The summed E-state index contributed by atoms with van der Waals surface area (Å²) in [5.74, 6) is 1.48. The molecule has 1 heterocycles. The number of amides is 1. The van der Waals surface area contributed by atoms with Crippen LogP contribution in [0.4, 0.5) is 0 Å².